The number of hydrogen-bond acceptors (Lipinski definition) is 2. The lowest BCUT2D eigenvalue weighted by molar-refractivity contribution is 0.0672. The molecule has 0 aromatic rings. The molecular weight excluding hydrogens is 210 g/mol. The van der Waals surface area contributed by atoms with Crippen molar-refractivity contribution in [3.05, 3.63) is 0 Å². The molecule has 0 unspecified atom stereocenters. The van der Waals surface area contributed by atoms with E-state index in [0.717, 1.165) is 32.6 Å². The second-order valence-electron chi connectivity index (χ2n) is 2.71. The van der Waals surface area contributed by atoms with Gasteiger partial charge in [0.1, 0.15) is 0 Å². The van der Waals surface area contributed by atoms with Gasteiger partial charge in [0.15, 0.2) is 0 Å². The van der Waals surface area contributed by atoms with Crippen LogP contribution in [0.1, 0.15) is 12.8 Å². The molecule has 4 heteroatoms. The van der Waals surface area contributed by atoms with Crippen LogP contribution in [0.15, 0.2) is 0 Å². The van der Waals surface area contributed by atoms with Gasteiger partial charge in [0.2, 0.25) is 0 Å². The minimum Gasteiger partial charge on any atom is -0.381 e. The van der Waals surface area contributed by atoms with Gasteiger partial charge in [-0.2, -0.15) is 0 Å². The molecule has 1 aliphatic rings. The van der Waals surface area contributed by atoms with Gasteiger partial charge in [-0.3, -0.25) is 4.79 Å². The number of ether oxygens (including phenoxy) is 1. The number of nitrogens with one attached hydrogen (secondary N) is 1. The summed E-state index contributed by atoms with van der Waals surface area (Å²) in [6, 6.07) is 0. The van der Waals surface area contributed by atoms with Crippen molar-refractivity contribution < 1.29 is 9.53 Å². The molecule has 1 aliphatic heterocycles. The van der Waals surface area contributed by atoms with Gasteiger partial charge in [0.05, 0.1) is 0 Å². The molecule has 11 heavy (non-hydrogen) atoms. The van der Waals surface area contributed by atoms with E-state index in [1.165, 1.54) is 0 Å². The molecule has 0 radical (unpaired) electrons. The average Bonchev–Trinajstić information content (AvgIpc) is 2.03. The topological polar surface area (TPSA) is 38.3 Å². The summed E-state index contributed by atoms with van der Waals surface area (Å²) in [4.78, 5) is 10.3. The highest BCUT2D eigenvalue weighted by molar-refractivity contribution is 9.18. The number of carbonyl (C=O) groups is 1. The molecule has 3 nitrogen and oxygen atoms in total. The third-order valence-corrected chi connectivity index (χ3v) is 2.15. The van der Waals surface area contributed by atoms with Crippen LogP contribution >= 0.6 is 15.9 Å². The summed E-state index contributed by atoms with van der Waals surface area (Å²) in [6.45, 7) is 2.44. The number of rotatable bonds is 2. The zero-order valence-electron chi connectivity index (χ0n) is 6.31. The first kappa shape index (κ1) is 9.00. The maximum atomic E-state index is 10.5. The van der Waals surface area contributed by atoms with Gasteiger partial charge >= 0.3 is 0 Å². The molecule has 0 spiro atoms. The summed E-state index contributed by atoms with van der Waals surface area (Å²) in [5.41, 5.74) is 0. The van der Waals surface area contributed by atoms with E-state index >= 15 is 0 Å². The highest BCUT2D eigenvalue weighted by Crippen LogP contribution is 2.13. The Hall–Kier alpha value is -0.0900. The van der Waals surface area contributed by atoms with Gasteiger partial charge in [0.25, 0.3) is 4.82 Å². The lowest BCUT2D eigenvalue weighted by Crippen LogP contribution is -2.28. The molecule has 1 rings (SSSR count). The van der Waals surface area contributed by atoms with E-state index in [-0.39, 0.29) is 4.82 Å². The van der Waals surface area contributed by atoms with E-state index in [1.807, 2.05) is 0 Å². The second-order valence-corrected chi connectivity index (χ2v) is 3.43. The molecule has 1 amide bonds. The SMILES string of the molecule is O=C(Br)NCC1CCOCC1. The normalized spacial score (nSPS) is 19.7. The lowest BCUT2D eigenvalue weighted by Gasteiger charge is -2.21. The minimum absolute atomic E-state index is 0.121. The van der Waals surface area contributed by atoms with Gasteiger partial charge in [0, 0.05) is 35.7 Å². The van der Waals surface area contributed by atoms with E-state index in [9.17, 15) is 4.79 Å². The smallest absolute Gasteiger partial charge is 0.287 e. The van der Waals surface area contributed by atoms with E-state index in [4.69, 9.17) is 4.74 Å². The molecule has 1 heterocycles. The van der Waals surface area contributed by atoms with Crippen LogP contribution in [-0.2, 0) is 4.74 Å². The van der Waals surface area contributed by atoms with Crippen molar-refractivity contribution in [2.75, 3.05) is 19.8 Å². The van der Waals surface area contributed by atoms with Crippen LogP contribution in [0.4, 0.5) is 4.79 Å². The fourth-order valence-electron chi connectivity index (χ4n) is 1.18. The number of carbonyl (C=O) groups excluding carboxylic acids is 1. The molecule has 1 fully saturated rings. The first-order chi connectivity index (χ1) is 5.29. The predicted octanol–water partition coefficient (Wildman–Crippen LogP) is 1.52. The molecule has 1 saturated heterocycles. The summed E-state index contributed by atoms with van der Waals surface area (Å²) in [5.74, 6) is 0.602. The Labute approximate surface area is 74.6 Å². The summed E-state index contributed by atoms with van der Waals surface area (Å²) < 4.78 is 5.18. The molecule has 1 N–H and O–H groups in total. The van der Waals surface area contributed by atoms with Crippen molar-refractivity contribution in [2.24, 2.45) is 5.92 Å². The van der Waals surface area contributed by atoms with Gasteiger partial charge in [-0.25, -0.2) is 0 Å². The van der Waals surface area contributed by atoms with Crippen LogP contribution in [0.2, 0.25) is 0 Å². The maximum absolute atomic E-state index is 10.5. The van der Waals surface area contributed by atoms with Gasteiger partial charge in [-0.05, 0) is 18.8 Å². The Bertz CT molecular complexity index is 134. The summed E-state index contributed by atoms with van der Waals surface area (Å²) in [7, 11) is 0. The number of hydrogen-bond donors (Lipinski definition) is 1. The van der Waals surface area contributed by atoms with Crippen LogP contribution in [0.25, 0.3) is 0 Å². The summed E-state index contributed by atoms with van der Waals surface area (Å²) in [6.07, 6.45) is 2.13. The Balaban J connectivity index is 2.09. The quantitative estimate of drug-likeness (QED) is 0.568. The Morgan fingerprint density at radius 3 is 2.73 bits per heavy atom. The van der Waals surface area contributed by atoms with E-state index in [1.54, 1.807) is 0 Å². The molecule has 0 aliphatic carbocycles. The average molecular weight is 222 g/mol. The highest BCUT2D eigenvalue weighted by Gasteiger charge is 2.13. The Morgan fingerprint density at radius 2 is 2.18 bits per heavy atom. The Kier molecular flexibility index (Phi) is 3.86. The van der Waals surface area contributed by atoms with Crippen LogP contribution < -0.4 is 5.32 Å². The molecule has 0 bridgehead atoms. The molecule has 0 aromatic carbocycles. The second kappa shape index (κ2) is 4.72. The standard InChI is InChI=1S/C7H12BrNO2/c8-7(10)9-5-6-1-3-11-4-2-6/h6H,1-5H2,(H,9,10). The maximum Gasteiger partial charge on any atom is 0.287 e. The minimum atomic E-state index is -0.121. The van der Waals surface area contributed by atoms with Crippen molar-refractivity contribution in [1.82, 2.24) is 5.32 Å². The van der Waals surface area contributed by atoms with Crippen molar-refractivity contribution in [2.45, 2.75) is 12.8 Å². The summed E-state index contributed by atoms with van der Waals surface area (Å²) >= 11 is 2.82. The predicted molar refractivity (Wildman–Crippen MR) is 45.9 cm³/mol. The number of amides is 1. The van der Waals surface area contributed by atoms with Gasteiger partial charge in [-0.15, -0.1) is 0 Å². The lowest BCUT2D eigenvalue weighted by atomic mass is 10.0. The van der Waals surface area contributed by atoms with Crippen molar-refractivity contribution in [3.8, 4) is 0 Å². The molecule has 0 saturated carbocycles. The molecule has 64 valence electrons. The van der Waals surface area contributed by atoms with E-state index in [0.29, 0.717) is 5.92 Å². The van der Waals surface area contributed by atoms with Gasteiger partial charge in [-0.1, -0.05) is 0 Å². The highest BCUT2D eigenvalue weighted by atomic mass is 79.9. The van der Waals surface area contributed by atoms with Gasteiger partial charge < -0.3 is 10.1 Å². The Morgan fingerprint density at radius 1 is 1.55 bits per heavy atom. The van der Waals surface area contributed by atoms with Crippen molar-refractivity contribution in [3.63, 3.8) is 0 Å². The molecular formula is C7H12BrNO2. The van der Waals surface area contributed by atoms with Crippen molar-refractivity contribution >= 4 is 20.7 Å². The summed E-state index contributed by atoms with van der Waals surface area (Å²) in [5, 5.41) is 2.74. The number of halogens is 1. The van der Waals surface area contributed by atoms with Crippen LogP contribution in [0.3, 0.4) is 0 Å². The third-order valence-electron chi connectivity index (χ3n) is 1.87. The first-order valence-electron chi connectivity index (χ1n) is 3.80. The largest absolute Gasteiger partial charge is 0.381 e. The fourth-order valence-corrected chi connectivity index (χ4v) is 1.34. The first-order valence-corrected chi connectivity index (χ1v) is 4.59. The van der Waals surface area contributed by atoms with Crippen LogP contribution in [0, 0.1) is 5.92 Å². The monoisotopic (exact) mass is 221 g/mol. The fraction of sp³-hybridized carbons (Fsp3) is 0.857. The van der Waals surface area contributed by atoms with E-state index < -0.39 is 0 Å². The zero-order chi connectivity index (χ0) is 8.10. The molecule has 0 atom stereocenters. The van der Waals surface area contributed by atoms with Crippen molar-refractivity contribution in [1.29, 1.82) is 0 Å². The zero-order valence-corrected chi connectivity index (χ0v) is 7.89. The third kappa shape index (κ3) is 3.72. The van der Waals surface area contributed by atoms with Crippen LogP contribution in [-0.4, -0.2) is 24.6 Å². The van der Waals surface area contributed by atoms with Crippen LogP contribution in [0.5, 0.6) is 0 Å². The molecule has 0 aromatic heterocycles. The van der Waals surface area contributed by atoms with E-state index in [2.05, 4.69) is 21.2 Å².